The molecule has 44 heavy (non-hydrogen) atoms. The number of aliphatic hydroxyl groups excluding tert-OH is 3. The van der Waals surface area contributed by atoms with Crippen LogP contribution in [-0.4, -0.2) is 110 Å². The van der Waals surface area contributed by atoms with Gasteiger partial charge in [0, 0.05) is 6.54 Å². The van der Waals surface area contributed by atoms with Crippen LogP contribution in [0.5, 0.6) is 0 Å². The Kier molecular flexibility index (Phi) is 12.5. The largest absolute Gasteiger partial charge is 0.445 e. The number of carbonyl (C=O) groups is 1. The second-order valence-electron chi connectivity index (χ2n) is 11.5. The molecule has 1 aliphatic carbocycles. The molecule has 1 saturated heterocycles. The Morgan fingerprint density at radius 1 is 1.07 bits per heavy atom. The van der Waals surface area contributed by atoms with Crippen LogP contribution in [0.4, 0.5) is 4.79 Å². The lowest BCUT2D eigenvalue weighted by molar-refractivity contribution is -0.226. The van der Waals surface area contributed by atoms with Gasteiger partial charge in [0.15, 0.2) is 12.6 Å². The average Bonchev–Trinajstić information content (AvgIpc) is 3.29. The van der Waals surface area contributed by atoms with Crippen molar-refractivity contribution in [2.75, 3.05) is 18.9 Å². The summed E-state index contributed by atoms with van der Waals surface area (Å²) in [5.41, 5.74) is 6.22. The zero-order valence-electron chi connectivity index (χ0n) is 24.9. The van der Waals surface area contributed by atoms with Gasteiger partial charge in [0.1, 0.15) is 31.0 Å². The number of carbonyl (C=O) groups excluding carboxylic acids is 1. The molecule has 15 heteroatoms. The first-order valence-corrected chi connectivity index (χ1v) is 16.6. The molecule has 2 heterocycles. The van der Waals surface area contributed by atoms with Crippen molar-refractivity contribution in [3.63, 3.8) is 0 Å². The Balaban J connectivity index is 1.40. The fraction of sp³-hybridized carbons (Fsp3) is 0.690. The molecule has 1 aromatic rings. The number of nitrogens with two attached hydrogens (primary N) is 1. The molecule has 1 amide bonds. The van der Waals surface area contributed by atoms with Crippen molar-refractivity contribution < 1.29 is 52.2 Å². The van der Waals surface area contributed by atoms with Gasteiger partial charge in [-0.25, -0.2) is 17.9 Å². The number of alkyl carbamates (subject to hydrolysis) is 1. The number of hydrogen-bond donors (Lipinski definition) is 6. The molecule has 0 bridgehead atoms. The van der Waals surface area contributed by atoms with E-state index in [2.05, 4.69) is 10.0 Å². The molecule has 2 aliphatic heterocycles. The molecule has 7 N–H and O–H groups in total. The van der Waals surface area contributed by atoms with E-state index in [9.17, 15) is 28.5 Å². The van der Waals surface area contributed by atoms with Crippen LogP contribution in [0.3, 0.4) is 0 Å². The summed E-state index contributed by atoms with van der Waals surface area (Å²) in [7, 11) is -3.71. The number of rotatable bonds is 13. The third-order valence-corrected chi connectivity index (χ3v) is 9.34. The first-order chi connectivity index (χ1) is 21.0. The summed E-state index contributed by atoms with van der Waals surface area (Å²) < 4.78 is 56.4. The SMILES string of the molecule is CCC1C=CC(NC(=O)OCc2ccccc2)C(OC2C(CO)OC(OC3CC(C)CC(NS(=O)(=O)CCN)C3O)C2O)O1. The van der Waals surface area contributed by atoms with Crippen molar-refractivity contribution >= 4 is 16.1 Å². The first kappa shape index (κ1) is 34.7. The van der Waals surface area contributed by atoms with Crippen LogP contribution < -0.4 is 15.8 Å². The van der Waals surface area contributed by atoms with Crippen molar-refractivity contribution in [2.24, 2.45) is 11.7 Å². The van der Waals surface area contributed by atoms with Gasteiger partial charge in [-0.3, -0.25) is 0 Å². The second-order valence-corrected chi connectivity index (χ2v) is 13.3. The second kappa shape index (κ2) is 15.9. The van der Waals surface area contributed by atoms with Gasteiger partial charge in [0.2, 0.25) is 10.0 Å². The Morgan fingerprint density at radius 2 is 1.82 bits per heavy atom. The average molecular weight is 644 g/mol. The van der Waals surface area contributed by atoms with E-state index >= 15 is 0 Å². The number of amides is 1. The molecule has 248 valence electrons. The molecule has 11 atom stereocenters. The van der Waals surface area contributed by atoms with Crippen LogP contribution in [0.1, 0.15) is 38.7 Å². The Hall–Kier alpha value is -2.18. The first-order valence-electron chi connectivity index (χ1n) is 15.0. The molecule has 4 rings (SSSR count). The topological polar surface area (TPSA) is 208 Å². The van der Waals surface area contributed by atoms with Crippen molar-refractivity contribution in [1.29, 1.82) is 0 Å². The van der Waals surface area contributed by atoms with E-state index in [-0.39, 0.29) is 30.9 Å². The molecule has 0 spiro atoms. The maximum Gasteiger partial charge on any atom is 0.408 e. The predicted molar refractivity (Wildman–Crippen MR) is 157 cm³/mol. The molecule has 14 nitrogen and oxygen atoms in total. The van der Waals surface area contributed by atoms with Crippen LogP contribution in [0.15, 0.2) is 42.5 Å². The van der Waals surface area contributed by atoms with Gasteiger partial charge < -0.3 is 50.1 Å². The van der Waals surface area contributed by atoms with Gasteiger partial charge in [-0.05, 0) is 30.7 Å². The minimum absolute atomic E-state index is 0.0184. The summed E-state index contributed by atoms with van der Waals surface area (Å²) in [5.74, 6) is -0.300. The molecular formula is C29H45N3O11S. The zero-order chi connectivity index (χ0) is 31.9. The quantitative estimate of drug-likeness (QED) is 0.155. The molecule has 2 fully saturated rings. The molecule has 1 aromatic carbocycles. The predicted octanol–water partition coefficient (Wildman–Crippen LogP) is -0.141. The maximum atomic E-state index is 12.6. The van der Waals surface area contributed by atoms with E-state index in [1.165, 1.54) is 0 Å². The Labute approximate surface area is 257 Å². The Morgan fingerprint density at radius 3 is 2.50 bits per heavy atom. The number of ether oxygens (including phenoxy) is 5. The highest BCUT2D eigenvalue weighted by Gasteiger charge is 2.50. The van der Waals surface area contributed by atoms with Gasteiger partial charge >= 0.3 is 6.09 Å². The van der Waals surface area contributed by atoms with Crippen molar-refractivity contribution in [2.45, 2.75) is 101 Å². The van der Waals surface area contributed by atoms with E-state index in [4.69, 9.17) is 29.4 Å². The minimum atomic E-state index is -3.71. The van der Waals surface area contributed by atoms with Crippen LogP contribution in [0, 0.1) is 5.92 Å². The highest BCUT2D eigenvalue weighted by molar-refractivity contribution is 7.89. The van der Waals surface area contributed by atoms with E-state index < -0.39 is 77.9 Å². The number of aliphatic hydroxyl groups is 3. The van der Waals surface area contributed by atoms with Crippen molar-refractivity contribution in [1.82, 2.24) is 10.0 Å². The molecule has 0 radical (unpaired) electrons. The van der Waals surface area contributed by atoms with E-state index in [0.29, 0.717) is 19.3 Å². The maximum absolute atomic E-state index is 12.6. The van der Waals surface area contributed by atoms with Crippen LogP contribution >= 0.6 is 0 Å². The number of hydrogen-bond acceptors (Lipinski definition) is 12. The highest BCUT2D eigenvalue weighted by atomic mass is 32.2. The summed E-state index contributed by atoms with van der Waals surface area (Å²) in [4.78, 5) is 12.6. The highest BCUT2D eigenvalue weighted by Crippen LogP contribution is 2.33. The van der Waals surface area contributed by atoms with Crippen molar-refractivity contribution in [3.05, 3.63) is 48.0 Å². The zero-order valence-corrected chi connectivity index (χ0v) is 25.8. The lowest BCUT2D eigenvalue weighted by Gasteiger charge is -2.39. The number of sulfonamides is 1. The van der Waals surface area contributed by atoms with Crippen LogP contribution in [0.2, 0.25) is 0 Å². The molecule has 1 saturated carbocycles. The minimum Gasteiger partial charge on any atom is -0.445 e. The Bertz CT molecular complexity index is 1190. The molecule has 0 aromatic heterocycles. The van der Waals surface area contributed by atoms with Gasteiger partial charge in [-0.15, -0.1) is 0 Å². The molecule has 3 aliphatic rings. The van der Waals surface area contributed by atoms with Crippen LogP contribution in [-0.2, 0) is 40.3 Å². The third kappa shape index (κ3) is 9.19. The summed E-state index contributed by atoms with van der Waals surface area (Å²) in [6, 6.07) is 7.60. The van der Waals surface area contributed by atoms with E-state index in [1.807, 2.05) is 44.2 Å². The summed E-state index contributed by atoms with van der Waals surface area (Å²) in [5, 5.41) is 35.0. The normalized spacial score (nSPS) is 35.8. The lowest BCUT2D eigenvalue weighted by Crippen LogP contribution is -2.55. The van der Waals surface area contributed by atoms with Crippen molar-refractivity contribution in [3.8, 4) is 0 Å². The number of benzene rings is 1. The summed E-state index contributed by atoms with van der Waals surface area (Å²) >= 11 is 0. The standard InChI is InChI=1S/C29H45N3O11S/c1-3-19-9-10-20(31-29(36)39-16-18-7-5-4-6-8-18)27(40-19)43-26-23(15-33)42-28(25(26)35)41-22-14-17(2)13-21(24(22)34)32-44(37,38)12-11-30/h4-10,17,19-28,32-35H,3,11-16,30H2,1-2H3,(H,31,36). The summed E-state index contributed by atoms with van der Waals surface area (Å²) in [6.07, 6.45) is -4.15. The fourth-order valence-corrected chi connectivity index (χ4v) is 6.75. The van der Waals surface area contributed by atoms with E-state index in [0.717, 1.165) is 5.56 Å². The molecular weight excluding hydrogens is 598 g/mol. The molecule has 11 unspecified atom stereocenters. The number of nitrogens with one attached hydrogen (secondary N) is 2. The van der Waals surface area contributed by atoms with Gasteiger partial charge in [-0.1, -0.05) is 56.3 Å². The summed E-state index contributed by atoms with van der Waals surface area (Å²) in [6.45, 7) is 3.29. The smallest absolute Gasteiger partial charge is 0.408 e. The van der Waals surface area contributed by atoms with E-state index in [1.54, 1.807) is 12.2 Å². The van der Waals surface area contributed by atoms with Gasteiger partial charge in [0.05, 0.1) is 36.7 Å². The van der Waals surface area contributed by atoms with Crippen LogP contribution in [0.25, 0.3) is 0 Å². The monoisotopic (exact) mass is 643 g/mol. The third-order valence-electron chi connectivity index (χ3n) is 7.91. The van der Waals surface area contributed by atoms with Gasteiger partial charge in [-0.2, -0.15) is 0 Å². The fourth-order valence-electron chi connectivity index (χ4n) is 5.63. The van der Waals surface area contributed by atoms with Gasteiger partial charge in [0.25, 0.3) is 0 Å². The lowest BCUT2D eigenvalue weighted by atomic mass is 9.83.